The van der Waals surface area contributed by atoms with Gasteiger partial charge in [0.2, 0.25) is 0 Å². The molecule has 86 valence electrons. The van der Waals surface area contributed by atoms with Gasteiger partial charge in [0, 0.05) is 25.3 Å². The third-order valence-electron chi connectivity index (χ3n) is 2.90. The van der Waals surface area contributed by atoms with E-state index in [1.165, 1.54) is 12.3 Å². The molecular weight excluding hydrogens is 206 g/mol. The van der Waals surface area contributed by atoms with Gasteiger partial charge < -0.3 is 15.7 Å². The van der Waals surface area contributed by atoms with Crippen LogP contribution in [0.25, 0.3) is 0 Å². The highest BCUT2D eigenvalue weighted by Gasteiger charge is 2.30. The molecule has 2 heterocycles. The van der Waals surface area contributed by atoms with Crippen molar-refractivity contribution in [3.05, 3.63) is 24.0 Å². The van der Waals surface area contributed by atoms with Crippen LogP contribution in [0.15, 0.2) is 18.3 Å². The summed E-state index contributed by atoms with van der Waals surface area (Å²) in [5, 5.41) is 9.56. The van der Waals surface area contributed by atoms with Crippen molar-refractivity contribution in [2.24, 2.45) is 5.73 Å². The molecule has 1 fully saturated rings. The molecule has 0 saturated carbocycles. The maximum absolute atomic E-state index is 12.1. The van der Waals surface area contributed by atoms with Crippen LogP contribution in [-0.4, -0.2) is 40.0 Å². The van der Waals surface area contributed by atoms with Gasteiger partial charge in [0.05, 0.1) is 0 Å². The molecule has 5 heteroatoms. The molecule has 1 aromatic heterocycles. The third kappa shape index (κ3) is 1.86. The van der Waals surface area contributed by atoms with Crippen molar-refractivity contribution in [3.8, 4) is 5.75 Å². The number of likely N-dealkylation sites (tertiary alicyclic amines) is 1. The summed E-state index contributed by atoms with van der Waals surface area (Å²) in [6.07, 6.45) is 3.39. The zero-order valence-corrected chi connectivity index (χ0v) is 8.97. The molecule has 5 nitrogen and oxygen atoms in total. The zero-order chi connectivity index (χ0) is 11.5. The third-order valence-corrected chi connectivity index (χ3v) is 2.90. The molecule has 0 spiro atoms. The van der Waals surface area contributed by atoms with Gasteiger partial charge in [0.15, 0.2) is 5.69 Å². The van der Waals surface area contributed by atoms with Crippen LogP contribution in [0, 0.1) is 0 Å². The van der Waals surface area contributed by atoms with E-state index in [9.17, 15) is 9.90 Å². The molecule has 0 radical (unpaired) electrons. The quantitative estimate of drug-likeness (QED) is 0.755. The van der Waals surface area contributed by atoms with Crippen LogP contribution in [0.3, 0.4) is 0 Å². The summed E-state index contributed by atoms with van der Waals surface area (Å²) in [4.78, 5) is 17.7. The van der Waals surface area contributed by atoms with E-state index in [1.54, 1.807) is 11.0 Å². The summed E-state index contributed by atoms with van der Waals surface area (Å²) in [7, 11) is 0. The van der Waals surface area contributed by atoms with E-state index in [-0.39, 0.29) is 23.4 Å². The standard InChI is InChI=1S/C11H15N3O2/c12-7-8-3-2-6-14(8)11(16)10-9(15)4-1-5-13-10/h1,4-5,8,15H,2-3,6-7,12H2. The Morgan fingerprint density at radius 1 is 1.69 bits per heavy atom. The van der Waals surface area contributed by atoms with E-state index in [0.717, 1.165) is 12.8 Å². The van der Waals surface area contributed by atoms with Crippen molar-refractivity contribution in [2.75, 3.05) is 13.1 Å². The minimum atomic E-state index is -0.231. The smallest absolute Gasteiger partial charge is 0.276 e. The van der Waals surface area contributed by atoms with Crippen LogP contribution >= 0.6 is 0 Å². The van der Waals surface area contributed by atoms with E-state index in [4.69, 9.17) is 5.73 Å². The lowest BCUT2D eigenvalue weighted by atomic mass is 10.2. The predicted molar refractivity (Wildman–Crippen MR) is 59.0 cm³/mol. The Hall–Kier alpha value is -1.62. The van der Waals surface area contributed by atoms with Crippen molar-refractivity contribution in [1.82, 2.24) is 9.88 Å². The summed E-state index contributed by atoms with van der Waals surface area (Å²) in [6, 6.07) is 3.14. The molecule has 1 aromatic rings. The average molecular weight is 221 g/mol. The van der Waals surface area contributed by atoms with Gasteiger partial charge in [0.25, 0.3) is 5.91 Å². The number of amides is 1. The number of pyridine rings is 1. The fraction of sp³-hybridized carbons (Fsp3) is 0.455. The topological polar surface area (TPSA) is 79.5 Å². The Labute approximate surface area is 93.9 Å². The fourth-order valence-corrected chi connectivity index (χ4v) is 2.05. The van der Waals surface area contributed by atoms with Crippen LogP contribution < -0.4 is 5.73 Å². The molecular formula is C11H15N3O2. The van der Waals surface area contributed by atoms with Crippen LogP contribution in [0.4, 0.5) is 0 Å². The lowest BCUT2D eigenvalue weighted by molar-refractivity contribution is 0.0732. The Kier molecular flexibility index (Phi) is 3.05. The van der Waals surface area contributed by atoms with Crippen LogP contribution in [-0.2, 0) is 0 Å². The van der Waals surface area contributed by atoms with Gasteiger partial charge in [-0.3, -0.25) is 4.79 Å². The first kappa shape index (κ1) is 10.9. The molecule has 2 rings (SSSR count). The number of aromatic hydroxyl groups is 1. The number of rotatable bonds is 2. The van der Waals surface area contributed by atoms with Crippen LogP contribution in [0.2, 0.25) is 0 Å². The second-order valence-corrected chi connectivity index (χ2v) is 3.90. The molecule has 1 unspecified atom stereocenters. The van der Waals surface area contributed by atoms with E-state index >= 15 is 0 Å². The number of nitrogens with zero attached hydrogens (tertiary/aromatic N) is 2. The second-order valence-electron chi connectivity index (χ2n) is 3.90. The van der Waals surface area contributed by atoms with Crippen molar-refractivity contribution in [1.29, 1.82) is 0 Å². The van der Waals surface area contributed by atoms with Crippen molar-refractivity contribution >= 4 is 5.91 Å². The maximum Gasteiger partial charge on any atom is 0.276 e. The number of carbonyl (C=O) groups is 1. The largest absolute Gasteiger partial charge is 0.505 e. The number of hydrogen-bond donors (Lipinski definition) is 2. The minimum absolute atomic E-state index is 0.0739. The summed E-state index contributed by atoms with van der Waals surface area (Å²) in [5.74, 6) is -0.304. The highest BCUT2D eigenvalue weighted by Crippen LogP contribution is 2.22. The summed E-state index contributed by atoms with van der Waals surface area (Å²) in [6.45, 7) is 1.15. The number of hydrogen-bond acceptors (Lipinski definition) is 4. The number of carbonyl (C=O) groups excluding carboxylic acids is 1. The highest BCUT2D eigenvalue weighted by atomic mass is 16.3. The molecule has 1 atom stereocenters. The summed E-state index contributed by atoms with van der Waals surface area (Å²) < 4.78 is 0. The normalized spacial score (nSPS) is 20.1. The molecule has 1 aliphatic heterocycles. The van der Waals surface area contributed by atoms with E-state index in [1.807, 2.05) is 0 Å². The van der Waals surface area contributed by atoms with E-state index in [0.29, 0.717) is 13.1 Å². The molecule has 16 heavy (non-hydrogen) atoms. The predicted octanol–water partition coefficient (Wildman–Crippen LogP) is 0.350. The van der Waals surface area contributed by atoms with Gasteiger partial charge in [-0.1, -0.05) is 0 Å². The molecule has 0 aromatic carbocycles. The number of nitrogens with two attached hydrogens (primary N) is 1. The van der Waals surface area contributed by atoms with Gasteiger partial charge in [-0.05, 0) is 25.0 Å². The van der Waals surface area contributed by atoms with Gasteiger partial charge in [-0.15, -0.1) is 0 Å². The van der Waals surface area contributed by atoms with Crippen molar-refractivity contribution < 1.29 is 9.90 Å². The fourth-order valence-electron chi connectivity index (χ4n) is 2.05. The molecule has 1 amide bonds. The van der Waals surface area contributed by atoms with Gasteiger partial charge in [0.1, 0.15) is 5.75 Å². The van der Waals surface area contributed by atoms with Crippen LogP contribution in [0.1, 0.15) is 23.3 Å². The Morgan fingerprint density at radius 2 is 2.50 bits per heavy atom. The van der Waals surface area contributed by atoms with Gasteiger partial charge >= 0.3 is 0 Å². The van der Waals surface area contributed by atoms with Gasteiger partial charge in [-0.2, -0.15) is 0 Å². The zero-order valence-electron chi connectivity index (χ0n) is 8.97. The molecule has 0 aliphatic carbocycles. The molecule has 3 N–H and O–H groups in total. The van der Waals surface area contributed by atoms with Crippen molar-refractivity contribution in [2.45, 2.75) is 18.9 Å². The van der Waals surface area contributed by atoms with Gasteiger partial charge in [-0.25, -0.2) is 4.98 Å². The lowest BCUT2D eigenvalue weighted by Crippen LogP contribution is -2.40. The average Bonchev–Trinajstić information content (AvgIpc) is 2.77. The van der Waals surface area contributed by atoms with E-state index < -0.39 is 0 Å². The Bertz CT molecular complexity index is 395. The van der Waals surface area contributed by atoms with E-state index in [2.05, 4.69) is 4.98 Å². The SMILES string of the molecule is NCC1CCCN1C(=O)c1ncccc1O. The second kappa shape index (κ2) is 4.49. The summed E-state index contributed by atoms with van der Waals surface area (Å²) in [5.41, 5.74) is 5.72. The Morgan fingerprint density at radius 3 is 3.19 bits per heavy atom. The monoisotopic (exact) mass is 221 g/mol. The maximum atomic E-state index is 12.1. The summed E-state index contributed by atoms with van der Waals surface area (Å²) >= 11 is 0. The molecule has 1 aliphatic rings. The number of aromatic nitrogens is 1. The lowest BCUT2D eigenvalue weighted by Gasteiger charge is -2.23. The highest BCUT2D eigenvalue weighted by molar-refractivity contribution is 5.95. The first-order valence-electron chi connectivity index (χ1n) is 5.39. The Balaban J connectivity index is 2.22. The first-order valence-corrected chi connectivity index (χ1v) is 5.39. The minimum Gasteiger partial charge on any atom is -0.505 e. The van der Waals surface area contributed by atoms with Crippen molar-refractivity contribution in [3.63, 3.8) is 0 Å². The van der Waals surface area contributed by atoms with Crippen LogP contribution in [0.5, 0.6) is 5.75 Å². The molecule has 1 saturated heterocycles. The molecule has 0 bridgehead atoms. The first-order chi connectivity index (χ1) is 7.74.